The number of nitrogens with one attached hydrogen (secondary N) is 4. The molecule has 50 heavy (non-hydrogen) atoms. The molecule has 3 aromatic heterocycles. The molecule has 4 N–H and O–H groups in total. The van der Waals surface area contributed by atoms with E-state index in [1.807, 2.05) is 35.8 Å². The number of morpholine rings is 2. The van der Waals surface area contributed by atoms with E-state index in [9.17, 15) is 14.4 Å². The van der Waals surface area contributed by atoms with Gasteiger partial charge in [-0.15, -0.1) is 0 Å². The maximum Gasteiger partial charge on any atom is 0.319 e. The molecule has 0 unspecified atom stereocenters. The van der Waals surface area contributed by atoms with Crippen LogP contribution in [0.25, 0.3) is 22.3 Å². The summed E-state index contributed by atoms with van der Waals surface area (Å²) in [7, 11) is 0. The summed E-state index contributed by atoms with van der Waals surface area (Å²) in [5, 5.41) is 12.5. The maximum absolute atomic E-state index is 14.1. The second kappa shape index (κ2) is 17.2. The van der Waals surface area contributed by atoms with Crippen LogP contribution in [0.4, 0.5) is 16.3 Å². The highest BCUT2D eigenvalue weighted by molar-refractivity contribution is 6.02. The Hall–Kier alpha value is -4.89. The lowest BCUT2D eigenvalue weighted by Gasteiger charge is -2.27. The van der Waals surface area contributed by atoms with Crippen molar-refractivity contribution in [2.45, 2.75) is 20.0 Å². The van der Waals surface area contributed by atoms with Gasteiger partial charge < -0.3 is 35.3 Å². The molecular weight excluding hydrogens is 638 g/mol. The van der Waals surface area contributed by atoms with Crippen molar-refractivity contribution in [2.24, 2.45) is 0 Å². The Balaban J connectivity index is 1.23. The van der Waals surface area contributed by atoms with Gasteiger partial charge in [-0.3, -0.25) is 24.4 Å². The number of carbonyl (C=O) groups is 2. The molecule has 0 spiro atoms. The summed E-state index contributed by atoms with van der Waals surface area (Å²) < 4.78 is 12.8. The van der Waals surface area contributed by atoms with Gasteiger partial charge in [0.15, 0.2) is 0 Å². The quantitative estimate of drug-likeness (QED) is 0.165. The van der Waals surface area contributed by atoms with E-state index in [1.54, 1.807) is 36.7 Å². The zero-order chi connectivity index (χ0) is 34.7. The van der Waals surface area contributed by atoms with Crippen molar-refractivity contribution < 1.29 is 19.1 Å². The number of carbonyl (C=O) groups excluding carboxylic acids is 2. The van der Waals surface area contributed by atoms with Gasteiger partial charge in [-0.05, 0) is 42.8 Å². The van der Waals surface area contributed by atoms with E-state index in [2.05, 4.69) is 36.1 Å². The first-order valence-electron chi connectivity index (χ1n) is 17.2. The predicted octanol–water partition coefficient (Wildman–Crippen LogP) is 2.61. The minimum Gasteiger partial charge on any atom is -0.379 e. The van der Waals surface area contributed by atoms with Crippen LogP contribution in [0.3, 0.4) is 0 Å². The zero-order valence-electron chi connectivity index (χ0n) is 28.5. The van der Waals surface area contributed by atoms with Crippen LogP contribution < -0.4 is 26.7 Å². The molecule has 2 aliphatic rings. The third kappa shape index (κ3) is 8.82. The van der Waals surface area contributed by atoms with Gasteiger partial charge in [-0.1, -0.05) is 18.2 Å². The second-order valence-electron chi connectivity index (χ2n) is 12.2. The number of nitrogens with zero attached hydrogens (tertiary/aromatic N) is 5. The normalized spacial score (nSPS) is 15.5. The van der Waals surface area contributed by atoms with Crippen LogP contribution >= 0.6 is 0 Å². The number of hydrogen-bond acceptors (Lipinski definition) is 10. The highest BCUT2D eigenvalue weighted by Crippen LogP contribution is 2.25. The van der Waals surface area contributed by atoms with Gasteiger partial charge in [0, 0.05) is 89.1 Å². The Kier molecular flexibility index (Phi) is 12.0. The maximum atomic E-state index is 14.1. The van der Waals surface area contributed by atoms with Crippen molar-refractivity contribution >= 4 is 34.5 Å². The van der Waals surface area contributed by atoms with Crippen molar-refractivity contribution in [1.82, 2.24) is 35.0 Å². The first-order valence-corrected chi connectivity index (χ1v) is 17.2. The lowest BCUT2D eigenvalue weighted by Crippen LogP contribution is -2.42. The Morgan fingerprint density at radius 1 is 0.860 bits per heavy atom. The Morgan fingerprint density at radius 3 is 2.22 bits per heavy atom. The van der Waals surface area contributed by atoms with Crippen LogP contribution in [0.2, 0.25) is 0 Å². The molecule has 2 fully saturated rings. The molecule has 14 heteroatoms. The molecule has 0 aliphatic carbocycles. The number of fused-ring (bicyclic) bond motifs is 1. The van der Waals surface area contributed by atoms with Gasteiger partial charge in [-0.2, -0.15) is 0 Å². The van der Waals surface area contributed by atoms with Crippen LogP contribution in [-0.2, 0) is 22.6 Å². The highest BCUT2D eigenvalue weighted by Gasteiger charge is 2.24. The van der Waals surface area contributed by atoms with Crippen LogP contribution in [0, 0.1) is 0 Å². The number of ether oxygens (including phenoxy) is 2. The number of anilines is 2. The van der Waals surface area contributed by atoms with Crippen LogP contribution in [0.15, 0.2) is 65.7 Å². The molecule has 2 saturated heterocycles. The van der Waals surface area contributed by atoms with Crippen LogP contribution in [-0.4, -0.2) is 115 Å². The number of urea groups is 1. The fourth-order valence-corrected chi connectivity index (χ4v) is 6.16. The Bertz CT molecular complexity index is 1810. The molecule has 3 amide bonds. The van der Waals surface area contributed by atoms with Gasteiger partial charge >= 0.3 is 6.03 Å². The first kappa shape index (κ1) is 35.0. The monoisotopic (exact) mass is 683 g/mol. The largest absolute Gasteiger partial charge is 0.379 e. The molecular formula is C36H45N9O5. The molecule has 0 radical (unpaired) electrons. The molecule has 264 valence electrons. The molecule has 5 heterocycles. The van der Waals surface area contributed by atoms with Gasteiger partial charge in [-0.25, -0.2) is 9.78 Å². The number of pyridine rings is 3. The molecule has 14 nitrogen and oxygen atoms in total. The van der Waals surface area contributed by atoms with Crippen molar-refractivity contribution in [3.63, 3.8) is 0 Å². The molecule has 0 saturated carbocycles. The second-order valence-corrected chi connectivity index (χ2v) is 12.2. The fourth-order valence-electron chi connectivity index (χ4n) is 6.16. The van der Waals surface area contributed by atoms with E-state index in [4.69, 9.17) is 14.5 Å². The van der Waals surface area contributed by atoms with E-state index in [-0.39, 0.29) is 17.0 Å². The van der Waals surface area contributed by atoms with Crippen molar-refractivity contribution in [2.75, 3.05) is 89.4 Å². The fraction of sp³-hybridized carbons (Fsp3) is 0.417. The van der Waals surface area contributed by atoms with Crippen LogP contribution in [0.1, 0.15) is 22.8 Å². The number of hydrogen-bond donors (Lipinski definition) is 4. The van der Waals surface area contributed by atoms with E-state index in [0.29, 0.717) is 87.4 Å². The lowest BCUT2D eigenvalue weighted by molar-refractivity contribution is 0.0383. The summed E-state index contributed by atoms with van der Waals surface area (Å²) in [6.07, 6.45) is 3.39. The minimum absolute atomic E-state index is 0.0927. The summed E-state index contributed by atoms with van der Waals surface area (Å²) in [6.45, 7) is 11.3. The Morgan fingerprint density at radius 2 is 1.56 bits per heavy atom. The smallest absolute Gasteiger partial charge is 0.319 e. The number of benzene rings is 1. The number of amides is 3. The van der Waals surface area contributed by atoms with Crippen molar-refractivity contribution in [3.05, 3.63) is 82.3 Å². The average molecular weight is 684 g/mol. The molecule has 4 aromatic rings. The summed E-state index contributed by atoms with van der Waals surface area (Å²) in [6, 6.07) is 14.3. The SMILES string of the molecule is CCn1c(NCCN2CCOCC2)c(C(=O)NCCN2CCOCC2)c(=O)c2ccc(-c3ccc(NC(=O)NCc4cccnc4)cc3)nc21. The Labute approximate surface area is 291 Å². The average Bonchev–Trinajstić information content (AvgIpc) is 3.15. The predicted molar refractivity (Wildman–Crippen MR) is 193 cm³/mol. The van der Waals surface area contributed by atoms with Gasteiger partial charge in [0.1, 0.15) is 17.0 Å². The summed E-state index contributed by atoms with van der Waals surface area (Å²) in [5.41, 5.74) is 3.22. The van der Waals surface area contributed by atoms with Gasteiger partial charge in [0.2, 0.25) is 5.43 Å². The zero-order valence-corrected chi connectivity index (χ0v) is 28.5. The molecule has 2 aliphatic heterocycles. The summed E-state index contributed by atoms with van der Waals surface area (Å²) >= 11 is 0. The molecule has 0 atom stereocenters. The minimum atomic E-state index is -0.405. The molecule has 0 bridgehead atoms. The summed E-state index contributed by atoms with van der Waals surface area (Å²) in [4.78, 5) is 53.8. The van der Waals surface area contributed by atoms with Crippen molar-refractivity contribution in [3.8, 4) is 11.3 Å². The standard InChI is InChI=1S/C36H45N9O5/c1-2-45-33-29(9-10-30(42-33)27-5-7-28(8-6-27)41-36(48)40-25-26-4-3-11-37-24-26)32(46)31(34(45)38-12-14-43-16-20-49-21-17-43)35(47)39-13-15-44-18-22-50-23-19-44/h3-11,24,38H,2,12-23,25H2,1H3,(H,39,47)(H2,40,41,48). The number of rotatable bonds is 13. The third-order valence-electron chi connectivity index (χ3n) is 8.91. The third-order valence-corrected chi connectivity index (χ3v) is 8.91. The van der Waals surface area contributed by atoms with Crippen LogP contribution in [0.5, 0.6) is 0 Å². The van der Waals surface area contributed by atoms with Crippen molar-refractivity contribution in [1.29, 1.82) is 0 Å². The topological polar surface area (TPSA) is 155 Å². The lowest BCUT2D eigenvalue weighted by atomic mass is 10.1. The summed E-state index contributed by atoms with van der Waals surface area (Å²) in [5.74, 6) is 0.0569. The molecule has 6 rings (SSSR count). The van der Waals surface area contributed by atoms with E-state index in [1.165, 1.54) is 0 Å². The molecule has 1 aromatic carbocycles. The van der Waals surface area contributed by atoms with Gasteiger partial charge in [0.05, 0.1) is 37.5 Å². The van der Waals surface area contributed by atoms with Gasteiger partial charge in [0.25, 0.3) is 5.91 Å². The highest BCUT2D eigenvalue weighted by atomic mass is 16.5. The van der Waals surface area contributed by atoms with E-state index >= 15 is 0 Å². The van der Waals surface area contributed by atoms with E-state index < -0.39 is 5.91 Å². The van der Waals surface area contributed by atoms with E-state index in [0.717, 1.165) is 43.9 Å². The number of aromatic nitrogens is 3. The first-order chi connectivity index (χ1) is 24.5. The number of aryl methyl sites for hydroxylation is 1.